The Bertz CT molecular complexity index is 731. The zero-order valence-electron chi connectivity index (χ0n) is 15.2. The molecule has 6 heteroatoms. The van der Waals surface area contributed by atoms with Crippen molar-refractivity contribution >= 4 is 17.4 Å². The maximum atomic E-state index is 12.2. The van der Waals surface area contributed by atoms with Crippen LogP contribution in [0.5, 0.6) is 5.75 Å². The molecule has 1 aromatic heterocycles. The Morgan fingerprint density at radius 2 is 2.04 bits per heavy atom. The summed E-state index contributed by atoms with van der Waals surface area (Å²) in [5.41, 5.74) is 8.49. The van der Waals surface area contributed by atoms with Gasteiger partial charge in [-0.3, -0.25) is 4.79 Å². The third-order valence-corrected chi connectivity index (χ3v) is 3.86. The Balaban J connectivity index is 2.22. The molecule has 0 saturated heterocycles. The van der Waals surface area contributed by atoms with E-state index in [0.29, 0.717) is 23.8 Å². The Hall–Kier alpha value is -2.60. The lowest BCUT2D eigenvalue weighted by Gasteiger charge is -2.16. The number of amides is 1. The van der Waals surface area contributed by atoms with Crippen LogP contribution in [0, 0.1) is 5.92 Å². The van der Waals surface area contributed by atoms with Gasteiger partial charge in [-0.2, -0.15) is 0 Å². The van der Waals surface area contributed by atoms with Crippen LogP contribution in [0.15, 0.2) is 36.5 Å². The number of carbonyl (C=O) groups excluding carboxylic acids is 1. The van der Waals surface area contributed by atoms with E-state index in [-0.39, 0.29) is 5.91 Å². The monoisotopic (exact) mass is 342 g/mol. The van der Waals surface area contributed by atoms with Crippen molar-refractivity contribution in [1.29, 1.82) is 0 Å². The quantitative estimate of drug-likeness (QED) is 0.719. The lowest BCUT2D eigenvalue weighted by molar-refractivity contribution is -0.117. The number of anilines is 2. The van der Waals surface area contributed by atoms with Crippen molar-refractivity contribution in [2.24, 2.45) is 11.7 Å². The lowest BCUT2D eigenvalue weighted by atomic mass is 10.0. The van der Waals surface area contributed by atoms with Gasteiger partial charge in [0.05, 0.1) is 13.2 Å². The highest BCUT2D eigenvalue weighted by molar-refractivity contribution is 5.95. The number of nitrogens with zero attached hydrogens (tertiary/aromatic N) is 1. The maximum Gasteiger partial charge on any atom is 0.241 e. The third kappa shape index (κ3) is 4.93. The van der Waals surface area contributed by atoms with E-state index in [0.717, 1.165) is 16.9 Å². The minimum atomic E-state index is -0.524. The van der Waals surface area contributed by atoms with Crippen LogP contribution in [0.1, 0.15) is 20.3 Å². The molecule has 25 heavy (non-hydrogen) atoms. The normalized spacial score (nSPS) is 11.9. The van der Waals surface area contributed by atoms with E-state index in [4.69, 9.17) is 10.5 Å². The predicted molar refractivity (Wildman–Crippen MR) is 102 cm³/mol. The number of aromatic nitrogens is 1. The fraction of sp³-hybridized carbons (Fsp3) is 0.368. The fourth-order valence-corrected chi connectivity index (χ4v) is 2.59. The summed E-state index contributed by atoms with van der Waals surface area (Å²) < 4.78 is 5.50. The summed E-state index contributed by atoms with van der Waals surface area (Å²) >= 11 is 0. The zero-order chi connectivity index (χ0) is 18.4. The molecule has 2 aromatic rings. The van der Waals surface area contributed by atoms with Gasteiger partial charge in [0.15, 0.2) is 0 Å². The van der Waals surface area contributed by atoms with Gasteiger partial charge in [0, 0.05) is 30.6 Å². The first-order valence-corrected chi connectivity index (χ1v) is 8.33. The summed E-state index contributed by atoms with van der Waals surface area (Å²) in [5.74, 6) is 1.62. The molecule has 0 aliphatic heterocycles. The second kappa shape index (κ2) is 8.48. The molecular formula is C19H26N4O2. The molecular weight excluding hydrogens is 316 g/mol. The molecule has 1 aromatic carbocycles. The summed E-state index contributed by atoms with van der Waals surface area (Å²) in [6, 6.07) is 8.89. The predicted octanol–water partition coefficient (Wildman–Crippen LogP) is 3.11. The van der Waals surface area contributed by atoms with Gasteiger partial charge in [-0.25, -0.2) is 4.98 Å². The Morgan fingerprint density at radius 3 is 2.68 bits per heavy atom. The smallest absolute Gasteiger partial charge is 0.241 e. The van der Waals surface area contributed by atoms with Crippen LogP contribution < -0.4 is 21.1 Å². The van der Waals surface area contributed by atoms with Gasteiger partial charge < -0.3 is 21.1 Å². The van der Waals surface area contributed by atoms with Crippen molar-refractivity contribution in [3.63, 3.8) is 0 Å². The van der Waals surface area contributed by atoms with Crippen molar-refractivity contribution in [1.82, 2.24) is 4.98 Å². The van der Waals surface area contributed by atoms with Gasteiger partial charge in [0.1, 0.15) is 11.6 Å². The molecule has 4 N–H and O–H groups in total. The topological polar surface area (TPSA) is 89.3 Å². The van der Waals surface area contributed by atoms with Gasteiger partial charge in [0.2, 0.25) is 5.91 Å². The first-order chi connectivity index (χ1) is 11.9. The SMILES string of the molecule is CNc1cc(-c2ccc(NC(=O)[C@H](N)CC(C)C)cc2OC)ccn1. The summed E-state index contributed by atoms with van der Waals surface area (Å²) in [4.78, 5) is 16.4. The molecule has 0 spiro atoms. The van der Waals surface area contributed by atoms with Crippen LogP contribution in [0.25, 0.3) is 11.1 Å². The van der Waals surface area contributed by atoms with E-state index >= 15 is 0 Å². The number of carbonyl (C=O) groups is 1. The van der Waals surface area contributed by atoms with Crippen LogP contribution in [-0.4, -0.2) is 31.1 Å². The molecule has 1 amide bonds. The van der Waals surface area contributed by atoms with E-state index in [1.807, 2.05) is 45.2 Å². The van der Waals surface area contributed by atoms with Gasteiger partial charge >= 0.3 is 0 Å². The van der Waals surface area contributed by atoms with E-state index < -0.39 is 6.04 Å². The lowest BCUT2D eigenvalue weighted by Crippen LogP contribution is -2.36. The minimum absolute atomic E-state index is 0.190. The van der Waals surface area contributed by atoms with Crippen LogP contribution >= 0.6 is 0 Å². The largest absolute Gasteiger partial charge is 0.496 e. The minimum Gasteiger partial charge on any atom is -0.496 e. The second-order valence-corrected chi connectivity index (χ2v) is 6.32. The second-order valence-electron chi connectivity index (χ2n) is 6.32. The molecule has 0 saturated carbocycles. The zero-order valence-corrected chi connectivity index (χ0v) is 15.2. The van der Waals surface area contributed by atoms with Gasteiger partial charge in [0.25, 0.3) is 0 Å². The first kappa shape index (κ1) is 18.7. The Kier molecular flexibility index (Phi) is 6.36. The Morgan fingerprint density at radius 1 is 1.28 bits per heavy atom. The molecule has 134 valence electrons. The van der Waals surface area contributed by atoms with Crippen LogP contribution in [0.3, 0.4) is 0 Å². The first-order valence-electron chi connectivity index (χ1n) is 8.33. The molecule has 1 heterocycles. The van der Waals surface area contributed by atoms with Crippen molar-refractivity contribution in [3.8, 4) is 16.9 Å². The van der Waals surface area contributed by atoms with Crippen molar-refractivity contribution in [2.45, 2.75) is 26.3 Å². The standard InChI is InChI=1S/C19H26N4O2/c1-12(2)9-16(20)19(24)23-14-5-6-15(17(11-14)25-4)13-7-8-22-18(10-13)21-3/h5-8,10-12,16H,9,20H2,1-4H3,(H,21,22)(H,23,24)/t16-/m1/s1. The third-order valence-electron chi connectivity index (χ3n) is 3.86. The molecule has 0 unspecified atom stereocenters. The van der Waals surface area contributed by atoms with E-state index in [9.17, 15) is 4.79 Å². The summed E-state index contributed by atoms with van der Waals surface area (Å²) in [7, 11) is 3.43. The molecule has 0 aliphatic rings. The number of hydrogen-bond acceptors (Lipinski definition) is 5. The summed E-state index contributed by atoms with van der Waals surface area (Å²) in [5, 5.41) is 5.87. The average molecular weight is 342 g/mol. The average Bonchev–Trinajstić information content (AvgIpc) is 2.61. The van der Waals surface area contributed by atoms with Gasteiger partial charge in [-0.1, -0.05) is 13.8 Å². The molecule has 0 fully saturated rings. The van der Waals surface area contributed by atoms with Crippen molar-refractivity contribution < 1.29 is 9.53 Å². The number of pyridine rings is 1. The maximum absolute atomic E-state index is 12.2. The molecule has 0 aliphatic carbocycles. The molecule has 1 atom stereocenters. The molecule has 0 radical (unpaired) electrons. The number of methoxy groups -OCH3 is 1. The van der Waals surface area contributed by atoms with Gasteiger partial charge in [-0.05, 0) is 42.2 Å². The van der Waals surface area contributed by atoms with Crippen LogP contribution in [0.2, 0.25) is 0 Å². The van der Waals surface area contributed by atoms with Crippen molar-refractivity contribution in [2.75, 3.05) is 24.8 Å². The van der Waals surface area contributed by atoms with Crippen molar-refractivity contribution in [3.05, 3.63) is 36.5 Å². The highest BCUT2D eigenvalue weighted by Crippen LogP contribution is 2.33. The number of ether oxygens (including phenoxy) is 1. The number of nitrogens with one attached hydrogen (secondary N) is 2. The number of benzene rings is 1. The summed E-state index contributed by atoms with van der Waals surface area (Å²) in [6.45, 7) is 4.08. The number of rotatable bonds is 7. The number of nitrogens with two attached hydrogens (primary N) is 1. The van der Waals surface area contributed by atoms with E-state index in [1.165, 1.54) is 0 Å². The molecule has 6 nitrogen and oxygen atoms in total. The van der Waals surface area contributed by atoms with Crippen LogP contribution in [0.4, 0.5) is 11.5 Å². The van der Waals surface area contributed by atoms with Gasteiger partial charge in [-0.15, -0.1) is 0 Å². The van der Waals surface area contributed by atoms with E-state index in [1.54, 1.807) is 19.4 Å². The highest BCUT2D eigenvalue weighted by Gasteiger charge is 2.16. The fourth-order valence-electron chi connectivity index (χ4n) is 2.59. The molecule has 0 bridgehead atoms. The highest BCUT2D eigenvalue weighted by atomic mass is 16.5. The molecule has 2 rings (SSSR count). The summed E-state index contributed by atoms with van der Waals surface area (Å²) in [6.07, 6.45) is 2.38. The Labute approximate surface area is 148 Å². The van der Waals surface area contributed by atoms with Crippen LogP contribution in [-0.2, 0) is 4.79 Å². The van der Waals surface area contributed by atoms with E-state index in [2.05, 4.69) is 15.6 Å². The number of hydrogen-bond donors (Lipinski definition) is 3.